The first-order valence-electron chi connectivity index (χ1n) is 9.38. The summed E-state index contributed by atoms with van der Waals surface area (Å²) in [6.07, 6.45) is 3.38. The van der Waals surface area contributed by atoms with Gasteiger partial charge in [0.15, 0.2) is 18.2 Å². The van der Waals surface area contributed by atoms with E-state index in [2.05, 4.69) is 47.4 Å². The Morgan fingerprint density at radius 1 is 1.00 bits per heavy atom. The number of hydrogen-bond acceptors (Lipinski definition) is 4. The van der Waals surface area contributed by atoms with Crippen LogP contribution in [0.3, 0.4) is 0 Å². The lowest BCUT2D eigenvalue weighted by Crippen LogP contribution is -2.15. The van der Waals surface area contributed by atoms with Gasteiger partial charge in [-0.2, -0.15) is 10.2 Å². The summed E-state index contributed by atoms with van der Waals surface area (Å²) < 4.78 is 10.3. The third-order valence-corrected chi connectivity index (χ3v) is 6.37. The van der Waals surface area contributed by atoms with Crippen LogP contribution >= 0.6 is 66.7 Å². The van der Waals surface area contributed by atoms with E-state index in [9.17, 15) is 4.79 Å². The lowest BCUT2D eigenvalue weighted by molar-refractivity contribution is 0.101. The molecule has 4 rings (SSSR count). The molecule has 0 aliphatic carbocycles. The number of benzene rings is 2. The average molecular weight is 635 g/mol. The molecule has 2 aromatic carbocycles. The number of halogens is 5. The molecule has 33 heavy (non-hydrogen) atoms. The van der Waals surface area contributed by atoms with E-state index in [0.717, 1.165) is 10.0 Å². The Balaban J connectivity index is 1.39. The molecule has 0 saturated heterocycles. The van der Waals surface area contributed by atoms with E-state index in [1.54, 1.807) is 47.4 Å². The molecular formula is C21H14Br2Cl3N5O2. The summed E-state index contributed by atoms with van der Waals surface area (Å²) >= 11 is 25.1. The second-order valence-corrected chi connectivity index (χ2v) is 9.82. The van der Waals surface area contributed by atoms with Crippen molar-refractivity contribution in [3.8, 4) is 5.75 Å². The van der Waals surface area contributed by atoms with Crippen LogP contribution in [0.2, 0.25) is 15.1 Å². The third kappa shape index (κ3) is 6.10. The number of amides is 1. The minimum absolute atomic E-state index is 0.0921. The molecular weight excluding hydrogens is 620 g/mol. The van der Waals surface area contributed by atoms with Crippen LogP contribution in [0.25, 0.3) is 0 Å². The van der Waals surface area contributed by atoms with Gasteiger partial charge in [0, 0.05) is 26.9 Å². The molecule has 4 aromatic rings. The number of nitrogens with zero attached hydrogens (tertiary/aromatic N) is 4. The summed E-state index contributed by atoms with van der Waals surface area (Å²) in [4.78, 5) is 12.6. The maximum Gasteiger partial charge on any atom is 0.277 e. The van der Waals surface area contributed by atoms with Crippen LogP contribution in [-0.2, 0) is 13.3 Å². The summed E-state index contributed by atoms with van der Waals surface area (Å²) in [5.41, 5.74) is 1.06. The standard InChI is InChI=1S/C21H14Br2Cl3N5O2/c22-13-2-4-19(17(26)7-13)33-11-30-6-5-18(28-30)21(32)27-20-15(23)10-31(29-20)9-12-1-3-14(24)8-16(12)25/h1-8,10H,9,11H2,(H,27,29,32). The summed E-state index contributed by atoms with van der Waals surface area (Å²) in [7, 11) is 0. The van der Waals surface area contributed by atoms with Crippen LogP contribution < -0.4 is 10.1 Å². The first kappa shape index (κ1) is 24.1. The van der Waals surface area contributed by atoms with Crippen LogP contribution in [0.15, 0.2) is 63.8 Å². The van der Waals surface area contributed by atoms with Gasteiger partial charge in [-0.25, -0.2) is 4.68 Å². The molecule has 2 heterocycles. The Hall–Kier alpha value is -2.04. The normalized spacial score (nSPS) is 10.9. The van der Waals surface area contributed by atoms with Crippen molar-refractivity contribution in [3.63, 3.8) is 0 Å². The number of carbonyl (C=O) groups excluding carboxylic acids is 1. The van der Waals surface area contributed by atoms with Gasteiger partial charge in [0.2, 0.25) is 0 Å². The highest BCUT2D eigenvalue weighted by molar-refractivity contribution is 9.10. The molecule has 0 radical (unpaired) electrons. The van der Waals surface area contributed by atoms with Gasteiger partial charge in [-0.15, -0.1) is 0 Å². The van der Waals surface area contributed by atoms with E-state index < -0.39 is 5.91 Å². The van der Waals surface area contributed by atoms with Gasteiger partial charge in [0.05, 0.1) is 16.0 Å². The fourth-order valence-electron chi connectivity index (χ4n) is 2.84. The number of rotatable bonds is 7. The minimum atomic E-state index is -0.411. The Morgan fingerprint density at radius 2 is 1.82 bits per heavy atom. The summed E-state index contributed by atoms with van der Waals surface area (Å²) in [6, 6.07) is 12.1. The maximum atomic E-state index is 12.6. The van der Waals surface area contributed by atoms with Crippen LogP contribution in [0.5, 0.6) is 5.75 Å². The first-order chi connectivity index (χ1) is 15.8. The van der Waals surface area contributed by atoms with Crippen LogP contribution in [0.1, 0.15) is 16.1 Å². The first-order valence-corrected chi connectivity index (χ1v) is 12.1. The van der Waals surface area contributed by atoms with Gasteiger partial charge in [-0.3, -0.25) is 9.48 Å². The fourth-order valence-corrected chi connectivity index (χ4v) is 4.45. The Bertz CT molecular complexity index is 1330. The van der Waals surface area contributed by atoms with Gasteiger partial charge in [0.25, 0.3) is 5.91 Å². The second kappa shape index (κ2) is 10.5. The monoisotopic (exact) mass is 631 g/mol. The highest BCUT2D eigenvalue weighted by Gasteiger charge is 2.15. The zero-order valence-corrected chi connectivity index (χ0v) is 22.0. The molecule has 1 N–H and O–H groups in total. The van der Waals surface area contributed by atoms with Gasteiger partial charge in [0.1, 0.15) is 5.75 Å². The third-order valence-electron chi connectivity index (χ3n) is 4.42. The van der Waals surface area contributed by atoms with Gasteiger partial charge < -0.3 is 10.1 Å². The molecule has 0 atom stereocenters. The van der Waals surface area contributed by atoms with E-state index in [-0.39, 0.29) is 12.4 Å². The Morgan fingerprint density at radius 3 is 2.58 bits per heavy atom. The predicted octanol–water partition coefficient (Wildman–Crippen LogP) is 6.90. The Labute approximate surface area is 220 Å². The number of hydrogen-bond donors (Lipinski definition) is 1. The topological polar surface area (TPSA) is 74.0 Å². The van der Waals surface area contributed by atoms with Crippen molar-refractivity contribution < 1.29 is 9.53 Å². The molecule has 0 spiro atoms. The molecule has 2 aromatic heterocycles. The van der Waals surface area contributed by atoms with Crippen molar-refractivity contribution in [2.24, 2.45) is 0 Å². The SMILES string of the molecule is O=C(Nc1nn(Cc2ccc(Cl)cc2Cl)cc1Br)c1ccn(COc2ccc(Br)cc2Cl)n1. The summed E-state index contributed by atoms with van der Waals surface area (Å²) in [6.45, 7) is 0.504. The van der Waals surface area contributed by atoms with Crippen LogP contribution in [0.4, 0.5) is 5.82 Å². The molecule has 0 aliphatic rings. The van der Waals surface area contributed by atoms with E-state index in [4.69, 9.17) is 39.5 Å². The van der Waals surface area contributed by atoms with Gasteiger partial charge in [-0.1, -0.05) is 56.8 Å². The highest BCUT2D eigenvalue weighted by atomic mass is 79.9. The second-order valence-electron chi connectivity index (χ2n) is 6.80. The van der Waals surface area contributed by atoms with Crippen molar-refractivity contribution in [1.29, 1.82) is 0 Å². The van der Waals surface area contributed by atoms with Gasteiger partial charge >= 0.3 is 0 Å². The smallest absolute Gasteiger partial charge is 0.277 e. The molecule has 0 fully saturated rings. The number of ether oxygens (including phenoxy) is 1. The van der Waals surface area contributed by atoms with Crippen LogP contribution in [0, 0.1) is 0 Å². The van der Waals surface area contributed by atoms with Crippen molar-refractivity contribution in [2.45, 2.75) is 13.3 Å². The lowest BCUT2D eigenvalue weighted by Gasteiger charge is -2.08. The number of nitrogens with one attached hydrogen (secondary N) is 1. The summed E-state index contributed by atoms with van der Waals surface area (Å²) in [5.74, 6) is 0.458. The lowest BCUT2D eigenvalue weighted by atomic mass is 10.2. The largest absolute Gasteiger partial charge is 0.470 e. The molecule has 7 nitrogen and oxygen atoms in total. The number of carbonyl (C=O) groups is 1. The van der Waals surface area contributed by atoms with E-state index >= 15 is 0 Å². The molecule has 0 saturated carbocycles. The molecule has 0 unspecified atom stereocenters. The van der Waals surface area contributed by atoms with Crippen molar-refractivity contribution >= 4 is 78.4 Å². The molecule has 0 aliphatic heterocycles. The number of aromatic nitrogens is 4. The summed E-state index contributed by atoms with van der Waals surface area (Å²) in [5, 5.41) is 13.0. The molecule has 0 bridgehead atoms. The zero-order valence-electron chi connectivity index (χ0n) is 16.6. The quantitative estimate of drug-likeness (QED) is 0.240. The predicted molar refractivity (Wildman–Crippen MR) is 135 cm³/mol. The van der Waals surface area contributed by atoms with Crippen molar-refractivity contribution in [1.82, 2.24) is 19.6 Å². The molecule has 1 amide bonds. The van der Waals surface area contributed by atoms with Gasteiger partial charge in [-0.05, 0) is 57.9 Å². The zero-order chi connectivity index (χ0) is 23.5. The minimum Gasteiger partial charge on any atom is -0.470 e. The van der Waals surface area contributed by atoms with E-state index in [1.807, 2.05) is 12.1 Å². The van der Waals surface area contributed by atoms with E-state index in [1.165, 1.54) is 4.68 Å². The fraction of sp³-hybridized carbons (Fsp3) is 0.0952. The maximum absolute atomic E-state index is 12.6. The van der Waals surface area contributed by atoms with Crippen molar-refractivity contribution in [3.05, 3.63) is 90.1 Å². The molecule has 12 heteroatoms. The number of anilines is 1. The van der Waals surface area contributed by atoms with Crippen LogP contribution in [-0.4, -0.2) is 25.5 Å². The molecule has 170 valence electrons. The van der Waals surface area contributed by atoms with Crippen molar-refractivity contribution in [2.75, 3.05) is 5.32 Å². The highest BCUT2D eigenvalue weighted by Crippen LogP contribution is 2.28. The van der Waals surface area contributed by atoms with E-state index in [0.29, 0.717) is 37.7 Å². The average Bonchev–Trinajstić information content (AvgIpc) is 3.36. The Kier molecular flexibility index (Phi) is 7.65.